The molecule has 1 saturated heterocycles. The smallest absolute Gasteiger partial charge is 0.0739 e. The number of nitrogens with two attached hydrogens (primary N) is 1. The normalized spacial score (nSPS) is 17.9. The van der Waals surface area contributed by atoms with Gasteiger partial charge < -0.3 is 16.0 Å². The van der Waals surface area contributed by atoms with Crippen LogP contribution in [0.4, 0.5) is 11.4 Å². The van der Waals surface area contributed by atoms with Gasteiger partial charge in [0, 0.05) is 13.1 Å². The maximum absolute atomic E-state index is 5.99. The Morgan fingerprint density at radius 3 is 2.83 bits per heavy atom. The summed E-state index contributed by atoms with van der Waals surface area (Å²) >= 11 is 5.99. The molecule has 1 atom stereocenters. The number of benzene rings is 1. The first-order valence-corrected chi connectivity index (χ1v) is 7.05. The Bertz CT molecular complexity index is 389. The van der Waals surface area contributed by atoms with E-state index in [1.807, 2.05) is 18.2 Å². The van der Waals surface area contributed by atoms with Crippen molar-refractivity contribution in [2.24, 2.45) is 5.92 Å². The van der Waals surface area contributed by atoms with Gasteiger partial charge in [-0.05, 0) is 44.0 Å². The Kier molecular flexibility index (Phi) is 4.72. The lowest BCUT2D eigenvalue weighted by Gasteiger charge is -2.21. The van der Waals surface area contributed by atoms with Crippen LogP contribution in [0, 0.1) is 5.92 Å². The first kappa shape index (κ1) is 13.5. The molecule has 0 aliphatic carbocycles. The molecule has 0 saturated carbocycles. The van der Waals surface area contributed by atoms with Crippen LogP contribution < -0.4 is 11.1 Å². The molecule has 0 spiro atoms. The van der Waals surface area contributed by atoms with Crippen LogP contribution in [0.3, 0.4) is 0 Å². The van der Waals surface area contributed by atoms with Crippen molar-refractivity contribution in [2.75, 3.05) is 37.2 Å². The van der Waals surface area contributed by atoms with Crippen molar-refractivity contribution in [1.82, 2.24) is 4.90 Å². The number of halogens is 1. The molecule has 2 rings (SSSR count). The van der Waals surface area contributed by atoms with E-state index in [2.05, 4.69) is 17.1 Å². The van der Waals surface area contributed by atoms with Crippen LogP contribution in [0.15, 0.2) is 18.2 Å². The fourth-order valence-electron chi connectivity index (χ4n) is 2.45. The fourth-order valence-corrected chi connectivity index (χ4v) is 2.62. The molecule has 1 aromatic carbocycles. The minimum atomic E-state index is 0.612. The molecule has 0 aromatic heterocycles. The summed E-state index contributed by atoms with van der Waals surface area (Å²) in [6.45, 7) is 6.87. The van der Waals surface area contributed by atoms with E-state index in [0.29, 0.717) is 16.6 Å². The molecule has 1 fully saturated rings. The van der Waals surface area contributed by atoms with E-state index in [1.54, 1.807) is 0 Å². The quantitative estimate of drug-likeness (QED) is 0.806. The van der Waals surface area contributed by atoms with Crippen LogP contribution >= 0.6 is 11.6 Å². The molecule has 1 aliphatic heterocycles. The third-order valence-electron chi connectivity index (χ3n) is 3.46. The number of rotatable bonds is 5. The Hall–Kier alpha value is -0.930. The van der Waals surface area contributed by atoms with Crippen LogP contribution in [-0.2, 0) is 0 Å². The molecule has 18 heavy (non-hydrogen) atoms. The minimum Gasteiger partial charge on any atom is -0.396 e. The maximum atomic E-state index is 5.99. The highest BCUT2D eigenvalue weighted by Gasteiger charge is 2.14. The summed E-state index contributed by atoms with van der Waals surface area (Å²) in [5, 5.41) is 4.01. The van der Waals surface area contributed by atoms with E-state index in [9.17, 15) is 0 Å². The van der Waals surface area contributed by atoms with Crippen molar-refractivity contribution in [3.05, 3.63) is 23.2 Å². The second kappa shape index (κ2) is 6.30. The second-order valence-electron chi connectivity index (χ2n) is 5.19. The lowest BCUT2D eigenvalue weighted by Crippen LogP contribution is -2.29. The number of hydrogen-bond acceptors (Lipinski definition) is 3. The number of likely N-dealkylation sites (tertiary alicyclic amines) is 1. The first-order chi connectivity index (χ1) is 8.66. The van der Waals surface area contributed by atoms with E-state index in [4.69, 9.17) is 17.3 Å². The van der Waals surface area contributed by atoms with Gasteiger partial charge in [0.15, 0.2) is 0 Å². The van der Waals surface area contributed by atoms with Gasteiger partial charge in [0.05, 0.1) is 16.4 Å². The molecule has 1 heterocycles. The zero-order valence-corrected chi connectivity index (χ0v) is 11.7. The molecular weight excluding hydrogens is 246 g/mol. The Morgan fingerprint density at radius 2 is 2.11 bits per heavy atom. The molecule has 3 nitrogen and oxygen atoms in total. The summed E-state index contributed by atoms with van der Waals surface area (Å²) in [5.74, 6) is 0.612. The second-order valence-corrected chi connectivity index (χ2v) is 5.60. The van der Waals surface area contributed by atoms with Crippen molar-refractivity contribution in [3.63, 3.8) is 0 Å². The number of para-hydroxylation sites is 1. The number of nitrogens with one attached hydrogen (secondary N) is 1. The summed E-state index contributed by atoms with van der Waals surface area (Å²) in [6, 6.07) is 5.71. The Labute approximate surface area is 114 Å². The van der Waals surface area contributed by atoms with Crippen molar-refractivity contribution in [2.45, 2.75) is 19.8 Å². The number of nitrogens with zero attached hydrogens (tertiary/aromatic N) is 1. The molecular formula is C14H22ClN3. The van der Waals surface area contributed by atoms with Gasteiger partial charge in [-0.3, -0.25) is 0 Å². The maximum Gasteiger partial charge on any atom is 0.0739 e. The molecule has 3 N–H and O–H groups in total. The fraction of sp³-hybridized carbons (Fsp3) is 0.571. The van der Waals surface area contributed by atoms with Crippen LogP contribution in [0.1, 0.15) is 19.8 Å². The van der Waals surface area contributed by atoms with Crippen molar-refractivity contribution in [1.29, 1.82) is 0 Å². The lowest BCUT2D eigenvalue weighted by molar-refractivity contribution is 0.294. The molecule has 1 unspecified atom stereocenters. The highest BCUT2D eigenvalue weighted by Crippen LogP contribution is 2.26. The van der Waals surface area contributed by atoms with Gasteiger partial charge in [-0.25, -0.2) is 0 Å². The monoisotopic (exact) mass is 267 g/mol. The van der Waals surface area contributed by atoms with Gasteiger partial charge >= 0.3 is 0 Å². The zero-order valence-electron chi connectivity index (χ0n) is 11.0. The minimum absolute atomic E-state index is 0.612. The molecule has 0 amide bonds. The Morgan fingerprint density at radius 1 is 1.39 bits per heavy atom. The summed E-state index contributed by atoms with van der Waals surface area (Å²) in [7, 11) is 0. The molecule has 0 radical (unpaired) electrons. The third-order valence-corrected chi connectivity index (χ3v) is 3.79. The van der Waals surface area contributed by atoms with Gasteiger partial charge in [-0.15, -0.1) is 0 Å². The molecule has 4 heteroatoms. The first-order valence-electron chi connectivity index (χ1n) is 6.67. The Balaban J connectivity index is 1.81. The van der Waals surface area contributed by atoms with Gasteiger partial charge in [0.2, 0.25) is 0 Å². The van der Waals surface area contributed by atoms with Crippen LogP contribution in [0.5, 0.6) is 0 Å². The van der Waals surface area contributed by atoms with Crippen LogP contribution in [0.2, 0.25) is 5.02 Å². The van der Waals surface area contributed by atoms with E-state index in [-0.39, 0.29) is 0 Å². The van der Waals surface area contributed by atoms with Crippen LogP contribution in [0.25, 0.3) is 0 Å². The number of hydrogen-bond donors (Lipinski definition) is 2. The van der Waals surface area contributed by atoms with Gasteiger partial charge in [0.25, 0.3) is 0 Å². The molecule has 1 aromatic rings. The SMILES string of the molecule is CC(CNc1cccc(Cl)c1N)CN1CCCC1. The van der Waals surface area contributed by atoms with Gasteiger partial charge in [-0.2, -0.15) is 0 Å². The van der Waals surface area contributed by atoms with Crippen molar-refractivity contribution < 1.29 is 0 Å². The zero-order chi connectivity index (χ0) is 13.0. The molecule has 0 bridgehead atoms. The summed E-state index contributed by atoms with van der Waals surface area (Å²) < 4.78 is 0. The average molecular weight is 268 g/mol. The van der Waals surface area contributed by atoms with E-state index >= 15 is 0 Å². The van der Waals surface area contributed by atoms with Gasteiger partial charge in [-0.1, -0.05) is 24.6 Å². The largest absolute Gasteiger partial charge is 0.396 e. The van der Waals surface area contributed by atoms with Crippen molar-refractivity contribution >= 4 is 23.0 Å². The van der Waals surface area contributed by atoms with Crippen molar-refractivity contribution in [3.8, 4) is 0 Å². The summed E-state index contributed by atoms with van der Waals surface area (Å²) in [6.07, 6.45) is 2.70. The predicted molar refractivity (Wildman–Crippen MR) is 79.2 cm³/mol. The summed E-state index contributed by atoms with van der Waals surface area (Å²) in [5.41, 5.74) is 7.51. The highest BCUT2D eigenvalue weighted by atomic mass is 35.5. The lowest BCUT2D eigenvalue weighted by atomic mass is 10.1. The van der Waals surface area contributed by atoms with E-state index < -0.39 is 0 Å². The summed E-state index contributed by atoms with van der Waals surface area (Å²) in [4.78, 5) is 2.54. The predicted octanol–water partition coefficient (Wildman–Crippen LogP) is 3.07. The van der Waals surface area contributed by atoms with Gasteiger partial charge in [0.1, 0.15) is 0 Å². The number of anilines is 2. The highest BCUT2D eigenvalue weighted by molar-refractivity contribution is 6.33. The van der Waals surface area contributed by atoms with E-state index in [0.717, 1.165) is 18.8 Å². The average Bonchev–Trinajstić information content (AvgIpc) is 2.84. The van der Waals surface area contributed by atoms with E-state index in [1.165, 1.54) is 25.9 Å². The van der Waals surface area contributed by atoms with Crippen LogP contribution in [-0.4, -0.2) is 31.1 Å². The topological polar surface area (TPSA) is 41.3 Å². The third kappa shape index (κ3) is 3.53. The number of nitrogen functional groups attached to an aromatic ring is 1. The standard InChI is InChI=1S/C14H22ClN3/c1-11(10-18-7-2-3-8-18)9-17-13-6-4-5-12(15)14(13)16/h4-6,11,17H,2-3,7-10,16H2,1H3. The molecule has 1 aliphatic rings. The molecule has 100 valence electrons.